The summed E-state index contributed by atoms with van der Waals surface area (Å²) in [7, 11) is 0. The quantitative estimate of drug-likeness (QED) is 0.340. The van der Waals surface area contributed by atoms with Gasteiger partial charge in [-0.1, -0.05) is 66.7 Å². The average molecular weight is 307 g/mol. The van der Waals surface area contributed by atoms with Gasteiger partial charge in [0.05, 0.1) is 0 Å². The molecule has 5 rings (SSSR count). The smallest absolute Gasteiger partial charge is 0.186 e. The minimum absolute atomic E-state index is 0.102. The maximum Gasteiger partial charge on any atom is 0.186 e. The highest BCUT2D eigenvalue weighted by Crippen LogP contribution is 2.39. The molecule has 0 heterocycles. The molecule has 0 amide bonds. The largest absolute Gasteiger partial charge is 0.289 e. The summed E-state index contributed by atoms with van der Waals surface area (Å²) in [4.78, 5) is 0. The summed E-state index contributed by atoms with van der Waals surface area (Å²) >= 11 is 0. The first-order valence-corrected chi connectivity index (χ1v) is 8.21. The highest BCUT2D eigenvalue weighted by molar-refractivity contribution is 6.24. The Kier molecular flexibility index (Phi) is 2.77. The zero-order chi connectivity index (χ0) is 16.1. The van der Waals surface area contributed by atoms with Gasteiger partial charge in [0.15, 0.2) is 5.75 Å². The van der Waals surface area contributed by atoms with Crippen LogP contribution in [0.3, 0.4) is 0 Å². The van der Waals surface area contributed by atoms with E-state index < -0.39 is 0 Å². The fourth-order valence-corrected chi connectivity index (χ4v) is 3.80. The third-order valence-corrected chi connectivity index (χ3v) is 4.95. The zero-order valence-corrected chi connectivity index (χ0v) is 13.1. The van der Waals surface area contributed by atoms with Crippen molar-refractivity contribution in [3.05, 3.63) is 90.0 Å². The second-order valence-corrected chi connectivity index (χ2v) is 6.37. The molecule has 5 aromatic rings. The molecule has 0 aromatic heterocycles. The molecular formula is C23H15O. The van der Waals surface area contributed by atoms with E-state index in [2.05, 4.69) is 54.6 Å². The van der Waals surface area contributed by atoms with Crippen LogP contribution in [0.5, 0.6) is 5.75 Å². The maximum atomic E-state index is 12.3. The summed E-state index contributed by atoms with van der Waals surface area (Å²) in [5.74, 6) is 0.102. The van der Waals surface area contributed by atoms with Crippen molar-refractivity contribution in [3.63, 3.8) is 0 Å². The normalized spacial score (nSPS) is 11.7. The van der Waals surface area contributed by atoms with Crippen LogP contribution in [-0.4, -0.2) is 0 Å². The van der Waals surface area contributed by atoms with Gasteiger partial charge in [-0.05, 0) is 51.2 Å². The Hall–Kier alpha value is -3.06. The van der Waals surface area contributed by atoms with Crippen LogP contribution < -0.4 is 0 Å². The fourth-order valence-electron chi connectivity index (χ4n) is 3.80. The molecule has 0 saturated heterocycles. The van der Waals surface area contributed by atoms with E-state index in [0.29, 0.717) is 0 Å². The van der Waals surface area contributed by atoms with E-state index >= 15 is 0 Å². The van der Waals surface area contributed by atoms with Gasteiger partial charge in [0.25, 0.3) is 0 Å². The Balaban J connectivity index is 1.86. The summed E-state index contributed by atoms with van der Waals surface area (Å²) in [5.41, 5.74) is 2.61. The molecular weight excluding hydrogens is 292 g/mol. The van der Waals surface area contributed by atoms with Gasteiger partial charge in [0, 0.05) is 10.8 Å². The lowest BCUT2D eigenvalue weighted by Crippen LogP contribution is -1.92. The molecule has 1 radical (unpaired) electrons. The van der Waals surface area contributed by atoms with Crippen molar-refractivity contribution in [2.75, 3.05) is 0 Å². The molecule has 5 aromatic carbocycles. The Morgan fingerprint density at radius 3 is 2.00 bits per heavy atom. The molecule has 1 nitrogen and oxygen atoms in total. The molecule has 113 valence electrons. The van der Waals surface area contributed by atoms with Crippen LogP contribution in [0.2, 0.25) is 0 Å². The maximum absolute atomic E-state index is 12.3. The van der Waals surface area contributed by atoms with Crippen LogP contribution >= 0.6 is 0 Å². The van der Waals surface area contributed by atoms with E-state index in [1.54, 1.807) is 6.07 Å². The first-order chi connectivity index (χ1) is 11.8. The first-order valence-electron chi connectivity index (χ1n) is 8.21. The summed E-state index contributed by atoms with van der Waals surface area (Å²) in [5, 5.41) is 19.0. The van der Waals surface area contributed by atoms with E-state index in [1.807, 2.05) is 18.2 Å². The predicted molar refractivity (Wildman–Crippen MR) is 99.5 cm³/mol. The molecule has 0 spiro atoms. The van der Waals surface area contributed by atoms with Crippen LogP contribution in [-0.2, 0) is 11.5 Å². The lowest BCUT2D eigenvalue weighted by atomic mass is 9.90. The van der Waals surface area contributed by atoms with Crippen molar-refractivity contribution in [1.29, 1.82) is 0 Å². The predicted octanol–water partition coefficient (Wildman–Crippen LogP) is 6.32. The molecule has 1 heteroatoms. The van der Waals surface area contributed by atoms with Gasteiger partial charge in [-0.3, -0.25) is 5.11 Å². The Labute approximate surface area is 140 Å². The number of rotatable bonds is 2. The van der Waals surface area contributed by atoms with Crippen LogP contribution in [0.4, 0.5) is 0 Å². The second-order valence-electron chi connectivity index (χ2n) is 6.37. The van der Waals surface area contributed by atoms with Crippen molar-refractivity contribution in [3.8, 4) is 5.75 Å². The van der Waals surface area contributed by atoms with Gasteiger partial charge in [-0.25, -0.2) is 0 Å². The summed E-state index contributed by atoms with van der Waals surface area (Å²) in [6.45, 7) is 0. The SMILES string of the molecule is [O]c1ccc2ccc3ccc(Cc4ccccc4)c4ccc1c2c34. The van der Waals surface area contributed by atoms with Gasteiger partial charge < -0.3 is 0 Å². The van der Waals surface area contributed by atoms with Gasteiger partial charge in [0.2, 0.25) is 0 Å². The second kappa shape index (κ2) is 4.97. The van der Waals surface area contributed by atoms with Crippen LogP contribution in [0.15, 0.2) is 78.9 Å². The molecule has 0 bridgehead atoms. The summed E-state index contributed by atoms with van der Waals surface area (Å²) in [6.07, 6.45) is 0.902. The Bertz CT molecular complexity index is 1170. The van der Waals surface area contributed by atoms with Crippen LogP contribution in [0.25, 0.3) is 32.3 Å². The average Bonchev–Trinajstić information content (AvgIpc) is 2.63. The van der Waals surface area contributed by atoms with Gasteiger partial charge in [-0.15, -0.1) is 0 Å². The highest BCUT2D eigenvalue weighted by Gasteiger charge is 2.13. The number of benzene rings is 5. The lowest BCUT2D eigenvalue weighted by Gasteiger charge is -2.14. The third-order valence-electron chi connectivity index (χ3n) is 4.95. The van der Waals surface area contributed by atoms with Crippen molar-refractivity contribution in [2.45, 2.75) is 6.42 Å². The number of hydrogen-bond donors (Lipinski definition) is 0. The minimum Gasteiger partial charge on any atom is -0.289 e. The molecule has 0 fully saturated rings. The fraction of sp³-hybridized carbons (Fsp3) is 0.0435. The zero-order valence-electron chi connectivity index (χ0n) is 13.1. The van der Waals surface area contributed by atoms with Crippen molar-refractivity contribution < 1.29 is 5.11 Å². The molecule has 0 saturated carbocycles. The van der Waals surface area contributed by atoms with E-state index in [-0.39, 0.29) is 5.75 Å². The molecule has 24 heavy (non-hydrogen) atoms. The van der Waals surface area contributed by atoms with Gasteiger partial charge >= 0.3 is 0 Å². The van der Waals surface area contributed by atoms with Crippen molar-refractivity contribution in [1.82, 2.24) is 0 Å². The van der Waals surface area contributed by atoms with Crippen LogP contribution in [0, 0.1) is 0 Å². The topological polar surface area (TPSA) is 19.9 Å². The van der Waals surface area contributed by atoms with E-state index in [9.17, 15) is 5.11 Å². The molecule has 0 N–H and O–H groups in total. The molecule has 0 aliphatic heterocycles. The van der Waals surface area contributed by atoms with E-state index in [1.165, 1.54) is 27.3 Å². The Morgan fingerprint density at radius 2 is 1.21 bits per heavy atom. The third kappa shape index (κ3) is 1.88. The van der Waals surface area contributed by atoms with Crippen molar-refractivity contribution in [2.24, 2.45) is 0 Å². The van der Waals surface area contributed by atoms with Gasteiger partial charge in [-0.2, -0.15) is 0 Å². The minimum atomic E-state index is 0.102. The highest BCUT2D eigenvalue weighted by atomic mass is 16.3. The van der Waals surface area contributed by atoms with Crippen molar-refractivity contribution >= 4 is 32.3 Å². The van der Waals surface area contributed by atoms with Crippen LogP contribution in [0.1, 0.15) is 11.1 Å². The van der Waals surface area contributed by atoms with E-state index in [0.717, 1.165) is 22.6 Å². The summed E-state index contributed by atoms with van der Waals surface area (Å²) < 4.78 is 0. The molecule has 0 aliphatic rings. The molecule has 0 aliphatic carbocycles. The monoisotopic (exact) mass is 307 g/mol. The number of hydrogen-bond acceptors (Lipinski definition) is 0. The lowest BCUT2D eigenvalue weighted by molar-refractivity contribution is 0.360. The first kappa shape index (κ1) is 13.4. The van der Waals surface area contributed by atoms with E-state index in [4.69, 9.17) is 0 Å². The van der Waals surface area contributed by atoms with Gasteiger partial charge in [0.1, 0.15) is 0 Å². The molecule has 0 atom stereocenters. The molecule has 0 unspecified atom stereocenters. The Morgan fingerprint density at radius 1 is 0.583 bits per heavy atom. The standard InChI is InChI=1S/C23H15O/c24-21-13-10-17-7-6-16-8-9-18(14-15-4-2-1-3-5-15)19-11-12-20(21)23(17)22(16)19/h1-13H,14H2. The summed E-state index contributed by atoms with van der Waals surface area (Å²) in [6, 6.07) is 26.9.